The van der Waals surface area contributed by atoms with E-state index >= 15 is 0 Å². The summed E-state index contributed by atoms with van der Waals surface area (Å²) in [5.41, 5.74) is 6.08. The van der Waals surface area contributed by atoms with Crippen LogP contribution in [0, 0.1) is 24.6 Å². The molecule has 2 saturated heterocycles. The quantitative estimate of drug-likeness (QED) is 0.275. The Kier molecular flexibility index (Phi) is 9.82. The minimum atomic E-state index is -0.689. The van der Waals surface area contributed by atoms with E-state index in [4.69, 9.17) is 5.10 Å². The highest BCUT2D eigenvalue weighted by Crippen LogP contribution is 2.39. The van der Waals surface area contributed by atoms with Crippen LogP contribution >= 0.6 is 0 Å². The van der Waals surface area contributed by atoms with Gasteiger partial charge in [0, 0.05) is 50.1 Å². The Morgan fingerprint density at radius 1 is 1.00 bits per heavy atom. The lowest BCUT2D eigenvalue weighted by Gasteiger charge is -2.35. The van der Waals surface area contributed by atoms with Gasteiger partial charge in [0.1, 0.15) is 11.9 Å². The Hall–Kier alpha value is -3.03. The van der Waals surface area contributed by atoms with Crippen molar-refractivity contribution in [3.63, 3.8) is 0 Å². The maximum absolute atomic E-state index is 14.4. The lowest BCUT2D eigenvalue weighted by molar-refractivity contribution is -0.145. The largest absolute Gasteiger partial charge is 0.480 e. The summed E-state index contributed by atoms with van der Waals surface area (Å²) in [6.07, 6.45) is 8.50. The zero-order valence-electron chi connectivity index (χ0n) is 26.5. The van der Waals surface area contributed by atoms with E-state index in [1.54, 1.807) is 12.1 Å². The van der Waals surface area contributed by atoms with Crippen molar-refractivity contribution in [1.29, 1.82) is 0 Å². The van der Waals surface area contributed by atoms with Crippen molar-refractivity contribution in [3.05, 3.63) is 88.5 Å². The van der Waals surface area contributed by atoms with Crippen molar-refractivity contribution in [1.82, 2.24) is 19.6 Å². The van der Waals surface area contributed by atoms with Crippen LogP contribution in [0.15, 0.2) is 54.6 Å². The zero-order valence-corrected chi connectivity index (χ0v) is 26.5. The van der Waals surface area contributed by atoms with E-state index in [0.29, 0.717) is 12.5 Å². The van der Waals surface area contributed by atoms with E-state index in [1.165, 1.54) is 29.3 Å². The average Bonchev–Trinajstić information content (AvgIpc) is 3.63. The molecule has 0 spiro atoms. The van der Waals surface area contributed by atoms with Crippen LogP contribution < -0.4 is 0 Å². The number of carboxylic acid groups (broad SMARTS) is 1. The minimum Gasteiger partial charge on any atom is -0.480 e. The molecule has 0 amide bonds. The summed E-state index contributed by atoms with van der Waals surface area (Å²) < 4.78 is 16.6. The fourth-order valence-corrected chi connectivity index (χ4v) is 8.35. The Morgan fingerprint density at radius 3 is 2.43 bits per heavy atom. The fourth-order valence-electron chi connectivity index (χ4n) is 8.35. The number of halogens is 1. The van der Waals surface area contributed by atoms with E-state index < -0.39 is 12.0 Å². The Morgan fingerprint density at radius 2 is 1.75 bits per heavy atom. The number of piperidine rings is 1. The molecule has 1 saturated carbocycles. The lowest BCUT2D eigenvalue weighted by atomic mass is 9.83. The van der Waals surface area contributed by atoms with Crippen molar-refractivity contribution in [2.75, 3.05) is 32.7 Å². The van der Waals surface area contributed by atoms with Crippen molar-refractivity contribution < 1.29 is 14.3 Å². The fraction of sp³-hybridized carbons (Fsp3) is 0.568. The first kappa shape index (κ1) is 31.0. The summed E-state index contributed by atoms with van der Waals surface area (Å²) in [5.74, 6) is 0.221. The molecule has 3 aliphatic rings. The van der Waals surface area contributed by atoms with Gasteiger partial charge in [-0.3, -0.25) is 14.4 Å². The topological polar surface area (TPSA) is 61.6 Å². The molecule has 1 aromatic heterocycles. The number of aromatic nitrogens is 2. The molecule has 3 aromatic rings. The van der Waals surface area contributed by atoms with E-state index in [0.717, 1.165) is 88.9 Å². The van der Waals surface area contributed by atoms with Crippen LogP contribution in [0.25, 0.3) is 0 Å². The predicted octanol–water partition coefficient (Wildman–Crippen LogP) is 6.87. The predicted molar refractivity (Wildman–Crippen MR) is 173 cm³/mol. The van der Waals surface area contributed by atoms with Gasteiger partial charge in [-0.2, -0.15) is 5.10 Å². The molecule has 236 valence electrons. The van der Waals surface area contributed by atoms with Crippen LogP contribution in [0.4, 0.5) is 4.39 Å². The van der Waals surface area contributed by atoms with E-state index in [-0.39, 0.29) is 23.6 Å². The maximum Gasteiger partial charge on any atom is 0.321 e. The van der Waals surface area contributed by atoms with Crippen molar-refractivity contribution in [2.24, 2.45) is 11.8 Å². The van der Waals surface area contributed by atoms with Crippen LogP contribution in [0.3, 0.4) is 0 Å². The summed E-state index contributed by atoms with van der Waals surface area (Å²) in [7, 11) is 0. The van der Waals surface area contributed by atoms with Crippen molar-refractivity contribution in [2.45, 2.75) is 89.6 Å². The van der Waals surface area contributed by atoms with Gasteiger partial charge in [-0.05, 0) is 93.8 Å². The molecular weight excluding hydrogens is 551 g/mol. The van der Waals surface area contributed by atoms with Crippen LogP contribution in [0.2, 0.25) is 0 Å². The average molecular weight is 601 g/mol. The molecule has 44 heavy (non-hydrogen) atoms. The summed E-state index contributed by atoms with van der Waals surface area (Å²) in [6, 6.07) is 17.6. The highest BCUT2D eigenvalue weighted by molar-refractivity contribution is 5.74. The monoisotopic (exact) mass is 600 g/mol. The third-order valence-corrected chi connectivity index (χ3v) is 10.7. The third-order valence-electron chi connectivity index (χ3n) is 10.7. The van der Waals surface area contributed by atoms with Gasteiger partial charge in [0.25, 0.3) is 0 Å². The molecule has 3 heterocycles. The molecular formula is C37H49FN4O2. The number of hydrogen-bond donors (Lipinski definition) is 1. The number of aryl methyl sites for hydroxylation is 2. The second-order valence-electron chi connectivity index (χ2n) is 13.7. The molecule has 2 aromatic carbocycles. The number of hydrogen-bond acceptors (Lipinski definition) is 4. The second kappa shape index (κ2) is 13.9. The van der Waals surface area contributed by atoms with E-state index in [2.05, 4.69) is 58.7 Å². The van der Waals surface area contributed by atoms with Gasteiger partial charge < -0.3 is 10.0 Å². The summed E-state index contributed by atoms with van der Waals surface area (Å²) >= 11 is 0. The summed E-state index contributed by atoms with van der Waals surface area (Å²) in [4.78, 5) is 17.4. The number of benzene rings is 2. The van der Waals surface area contributed by atoms with Gasteiger partial charge >= 0.3 is 5.97 Å². The molecule has 6 rings (SSSR count). The van der Waals surface area contributed by atoms with Gasteiger partial charge in [-0.25, -0.2) is 4.39 Å². The maximum atomic E-state index is 14.4. The van der Waals surface area contributed by atoms with Crippen LogP contribution in [0.1, 0.15) is 91.8 Å². The molecule has 0 unspecified atom stereocenters. The third kappa shape index (κ3) is 7.10. The Bertz CT molecular complexity index is 1390. The van der Waals surface area contributed by atoms with Crippen LogP contribution in [-0.4, -0.2) is 69.4 Å². The number of likely N-dealkylation sites (tertiary alicyclic amines) is 2. The van der Waals surface area contributed by atoms with Crippen LogP contribution in [-0.2, 0) is 17.8 Å². The normalized spacial score (nSPS) is 23.2. The molecule has 1 aliphatic carbocycles. The van der Waals surface area contributed by atoms with Crippen molar-refractivity contribution in [3.8, 4) is 0 Å². The summed E-state index contributed by atoms with van der Waals surface area (Å²) in [6.45, 7) is 9.59. The SMILES string of the molecule is CCn1nc(Cc2ccc(C)cc2)cc1C1CCN(C[C@H]2CN([C@@H](C(=O)O)C3CCCCC3)C[C@@H]2c2cccc(F)c2)CC1. The molecule has 0 bridgehead atoms. The highest BCUT2D eigenvalue weighted by Gasteiger charge is 2.43. The Balaban J connectivity index is 1.13. The first-order valence-corrected chi connectivity index (χ1v) is 16.9. The summed E-state index contributed by atoms with van der Waals surface area (Å²) in [5, 5.41) is 15.3. The van der Waals surface area contributed by atoms with Crippen molar-refractivity contribution >= 4 is 5.97 Å². The molecule has 3 atom stereocenters. The molecule has 0 radical (unpaired) electrons. The first-order chi connectivity index (χ1) is 21.4. The molecule has 1 N–H and O–H groups in total. The van der Waals surface area contributed by atoms with E-state index in [1.807, 2.05) is 6.07 Å². The number of carbonyl (C=O) groups is 1. The van der Waals surface area contributed by atoms with Gasteiger partial charge in [0.15, 0.2) is 0 Å². The zero-order chi connectivity index (χ0) is 30.6. The molecule has 2 aliphatic heterocycles. The highest BCUT2D eigenvalue weighted by atomic mass is 19.1. The molecule has 7 heteroatoms. The van der Waals surface area contributed by atoms with Gasteiger partial charge in [0.2, 0.25) is 0 Å². The van der Waals surface area contributed by atoms with Gasteiger partial charge in [-0.15, -0.1) is 0 Å². The van der Waals surface area contributed by atoms with E-state index in [9.17, 15) is 14.3 Å². The molecule has 3 fully saturated rings. The van der Waals surface area contributed by atoms with Crippen LogP contribution in [0.5, 0.6) is 0 Å². The number of nitrogens with zero attached hydrogens (tertiary/aromatic N) is 4. The minimum absolute atomic E-state index is 0.139. The first-order valence-electron chi connectivity index (χ1n) is 16.9. The van der Waals surface area contributed by atoms with Gasteiger partial charge in [-0.1, -0.05) is 61.2 Å². The Labute approximate surface area is 262 Å². The standard InChI is InChI=1S/C37H49FN4O2/c1-3-42-35(22-33(39-42)20-27-14-12-26(2)13-15-27)28-16-18-40(19-17-28)23-31-24-41(25-34(31)30-10-7-11-32(38)21-30)36(37(43)44)29-8-5-4-6-9-29/h7,10-15,21-22,28-29,31,34,36H,3-6,8-9,16-20,23-25H2,1-2H3,(H,43,44)/t31-,34+,36+/m0/s1. The number of carboxylic acids is 1. The smallest absolute Gasteiger partial charge is 0.321 e. The number of rotatable bonds is 10. The second-order valence-corrected chi connectivity index (χ2v) is 13.7. The van der Waals surface area contributed by atoms with Gasteiger partial charge in [0.05, 0.1) is 5.69 Å². The molecule has 6 nitrogen and oxygen atoms in total. The number of aliphatic carboxylic acids is 1. The lowest BCUT2D eigenvalue weighted by Crippen LogP contribution is -2.46.